The van der Waals surface area contributed by atoms with Crippen LogP contribution in [-0.2, 0) is 22.7 Å². The summed E-state index contributed by atoms with van der Waals surface area (Å²) in [6, 6.07) is 20.4. The quantitative estimate of drug-likeness (QED) is 0.0713. The SMILES string of the molecule is CCOC(=O)COc1cccc(-c2cccc(COc3cc(OCc4ccc(N=O)c(N)c4)c(C=O)cc3Cl)c2Cl)c1. The lowest BCUT2D eigenvalue weighted by molar-refractivity contribution is -0.145. The van der Waals surface area contributed by atoms with Gasteiger partial charge in [-0.15, -0.1) is 4.91 Å². The molecule has 0 saturated carbocycles. The monoisotopic (exact) mass is 608 g/mol. The molecular formula is C31H26Cl2N2O7. The number of benzene rings is 4. The molecule has 0 atom stereocenters. The van der Waals surface area contributed by atoms with E-state index in [9.17, 15) is 14.5 Å². The number of carbonyl (C=O) groups is 2. The largest absolute Gasteiger partial charge is 0.488 e. The van der Waals surface area contributed by atoms with E-state index >= 15 is 0 Å². The van der Waals surface area contributed by atoms with E-state index in [0.717, 1.165) is 11.1 Å². The third-order valence-corrected chi connectivity index (χ3v) is 6.79. The lowest BCUT2D eigenvalue weighted by Crippen LogP contribution is -2.14. The molecule has 216 valence electrons. The number of rotatable bonds is 13. The Morgan fingerprint density at radius 3 is 2.45 bits per heavy atom. The second kappa shape index (κ2) is 14.3. The number of halogens is 2. The summed E-state index contributed by atoms with van der Waals surface area (Å²) in [6.07, 6.45) is 0.629. The molecule has 4 aromatic carbocycles. The topological polar surface area (TPSA) is 127 Å². The van der Waals surface area contributed by atoms with E-state index in [0.29, 0.717) is 28.2 Å². The minimum absolute atomic E-state index is 0.0711. The Hall–Kier alpha value is -4.60. The number of hydrogen-bond acceptors (Lipinski definition) is 9. The summed E-state index contributed by atoms with van der Waals surface area (Å²) < 4.78 is 22.3. The molecule has 0 unspecified atom stereocenters. The highest BCUT2D eigenvalue weighted by Crippen LogP contribution is 2.36. The molecule has 0 spiro atoms. The zero-order valence-electron chi connectivity index (χ0n) is 22.5. The summed E-state index contributed by atoms with van der Waals surface area (Å²) in [5, 5.41) is 3.53. The Morgan fingerprint density at radius 2 is 1.71 bits per heavy atom. The van der Waals surface area contributed by atoms with Crippen LogP contribution in [0.15, 0.2) is 78.0 Å². The van der Waals surface area contributed by atoms with Crippen LogP contribution >= 0.6 is 23.2 Å². The van der Waals surface area contributed by atoms with Gasteiger partial charge in [0.1, 0.15) is 36.1 Å². The van der Waals surface area contributed by atoms with E-state index in [1.165, 1.54) is 18.2 Å². The van der Waals surface area contributed by atoms with E-state index in [1.807, 2.05) is 24.3 Å². The molecular weight excluding hydrogens is 583 g/mol. The summed E-state index contributed by atoms with van der Waals surface area (Å²) in [6.45, 7) is 1.95. The highest BCUT2D eigenvalue weighted by atomic mass is 35.5. The third kappa shape index (κ3) is 7.57. The van der Waals surface area contributed by atoms with Crippen LogP contribution in [0.5, 0.6) is 17.2 Å². The van der Waals surface area contributed by atoms with Crippen LogP contribution in [0.3, 0.4) is 0 Å². The van der Waals surface area contributed by atoms with Gasteiger partial charge in [0.05, 0.1) is 27.9 Å². The van der Waals surface area contributed by atoms with Crippen molar-refractivity contribution in [1.29, 1.82) is 0 Å². The van der Waals surface area contributed by atoms with Crippen LogP contribution in [0.1, 0.15) is 28.4 Å². The minimum Gasteiger partial charge on any atom is -0.488 e. The molecule has 11 heteroatoms. The van der Waals surface area contributed by atoms with Gasteiger partial charge in [0.15, 0.2) is 12.9 Å². The first-order chi connectivity index (χ1) is 20.3. The van der Waals surface area contributed by atoms with Gasteiger partial charge in [0.2, 0.25) is 0 Å². The van der Waals surface area contributed by atoms with Crippen LogP contribution in [0.4, 0.5) is 11.4 Å². The third-order valence-electron chi connectivity index (χ3n) is 6.04. The smallest absolute Gasteiger partial charge is 0.344 e. The van der Waals surface area contributed by atoms with Crippen molar-refractivity contribution in [3.63, 3.8) is 0 Å². The molecule has 0 heterocycles. The molecule has 0 bridgehead atoms. The minimum atomic E-state index is -0.455. The van der Waals surface area contributed by atoms with E-state index in [2.05, 4.69) is 5.18 Å². The van der Waals surface area contributed by atoms with Crippen LogP contribution in [0.2, 0.25) is 10.0 Å². The maximum absolute atomic E-state index is 11.7. The molecule has 0 amide bonds. The fourth-order valence-electron chi connectivity index (χ4n) is 3.98. The number of anilines is 1. The van der Waals surface area contributed by atoms with Gasteiger partial charge in [-0.1, -0.05) is 59.6 Å². The van der Waals surface area contributed by atoms with Crippen molar-refractivity contribution in [3.8, 4) is 28.4 Å². The number of hydrogen-bond donors (Lipinski definition) is 1. The standard InChI is InChI=1S/C31H26Cl2N2O7/c1-2-39-30(37)18-40-23-7-3-5-20(12-23)24-8-4-6-21(31(24)33)17-42-29-14-28(22(15-36)13-25(29)32)41-16-19-9-10-27(35-38)26(34)11-19/h3-15H,2,16-18,34H2,1H3. The Balaban J connectivity index is 1.49. The first-order valence-electron chi connectivity index (χ1n) is 12.7. The lowest BCUT2D eigenvalue weighted by Gasteiger charge is -2.15. The molecule has 0 aliphatic rings. The van der Waals surface area contributed by atoms with Gasteiger partial charge in [-0.25, -0.2) is 4.79 Å². The zero-order valence-corrected chi connectivity index (χ0v) is 24.0. The first kappa shape index (κ1) is 30.4. The van der Waals surface area contributed by atoms with Gasteiger partial charge < -0.3 is 24.7 Å². The van der Waals surface area contributed by atoms with Crippen molar-refractivity contribution in [2.45, 2.75) is 20.1 Å². The van der Waals surface area contributed by atoms with Gasteiger partial charge in [-0.05, 0) is 53.6 Å². The number of aldehydes is 1. The number of nitroso groups, excluding NO2 is 1. The summed E-state index contributed by atoms with van der Waals surface area (Å²) in [5.74, 6) is 0.573. The van der Waals surface area contributed by atoms with Gasteiger partial charge >= 0.3 is 5.97 Å². The fourth-order valence-corrected chi connectivity index (χ4v) is 4.50. The van der Waals surface area contributed by atoms with E-state index < -0.39 is 5.97 Å². The van der Waals surface area contributed by atoms with Crippen molar-refractivity contribution < 1.29 is 28.5 Å². The Bertz CT molecular complexity index is 1610. The van der Waals surface area contributed by atoms with E-state index in [4.69, 9.17) is 47.9 Å². The molecule has 9 nitrogen and oxygen atoms in total. The van der Waals surface area contributed by atoms with E-state index in [1.54, 1.807) is 37.3 Å². The molecule has 0 aliphatic heterocycles. The van der Waals surface area contributed by atoms with Crippen LogP contribution in [0.25, 0.3) is 11.1 Å². The average molecular weight is 609 g/mol. The second-order valence-corrected chi connectivity index (χ2v) is 9.69. The Kier molecular flexibility index (Phi) is 10.4. The van der Waals surface area contributed by atoms with Gasteiger partial charge in [-0.2, -0.15) is 0 Å². The molecule has 2 N–H and O–H groups in total. The summed E-state index contributed by atoms with van der Waals surface area (Å²) in [7, 11) is 0. The number of carbonyl (C=O) groups excluding carboxylic acids is 2. The van der Waals surface area contributed by atoms with Gasteiger partial charge in [-0.3, -0.25) is 4.79 Å². The summed E-state index contributed by atoms with van der Waals surface area (Å²) in [5.41, 5.74) is 9.28. The molecule has 4 aromatic rings. The molecule has 0 aromatic heterocycles. The maximum Gasteiger partial charge on any atom is 0.344 e. The average Bonchev–Trinajstić information content (AvgIpc) is 2.99. The van der Waals surface area contributed by atoms with E-state index in [-0.39, 0.29) is 59.9 Å². The van der Waals surface area contributed by atoms with Crippen molar-refractivity contribution in [2.75, 3.05) is 18.9 Å². The summed E-state index contributed by atoms with van der Waals surface area (Å²) in [4.78, 5) is 34.1. The molecule has 0 saturated heterocycles. The molecule has 0 aliphatic carbocycles. The fraction of sp³-hybridized carbons (Fsp3) is 0.161. The highest BCUT2D eigenvalue weighted by Gasteiger charge is 2.15. The van der Waals surface area contributed by atoms with Crippen LogP contribution in [0, 0.1) is 4.91 Å². The van der Waals surface area contributed by atoms with Crippen LogP contribution < -0.4 is 19.9 Å². The normalized spacial score (nSPS) is 10.5. The van der Waals surface area contributed by atoms with Crippen LogP contribution in [-0.4, -0.2) is 25.5 Å². The first-order valence-corrected chi connectivity index (χ1v) is 13.5. The zero-order chi connectivity index (χ0) is 30.1. The molecule has 0 radical (unpaired) electrons. The number of nitrogen functional groups attached to an aromatic ring is 1. The predicted molar refractivity (Wildman–Crippen MR) is 161 cm³/mol. The molecule has 42 heavy (non-hydrogen) atoms. The molecule has 4 rings (SSSR count). The highest BCUT2D eigenvalue weighted by molar-refractivity contribution is 6.34. The summed E-state index contributed by atoms with van der Waals surface area (Å²) >= 11 is 13.2. The number of ether oxygens (including phenoxy) is 4. The second-order valence-electron chi connectivity index (χ2n) is 8.90. The van der Waals surface area contributed by atoms with Gasteiger partial charge in [0.25, 0.3) is 0 Å². The predicted octanol–water partition coefficient (Wildman–Crippen LogP) is 7.55. The Labute approximate surface area is 252 Å². The Morgan fingerprint density at radius 1 is 0.929 bits per heavy atom. The molecule has 0 fully saturated rings. The van der Waals surface area contributed by atoms with Gasteiger partial charge in [0, 0.05) is 17.2 Å². The van der Waals surface area contributed by atoms with Crippen molar-refractivity contribution in [3.05, 3.63) is 104 Å². The van der Waals surface area contributed by atoms with Crippen molar-refractivity contribution >= 4 is 46.8 Å². The number of nitrogens with zero attached hydrogens (tertiary/aromatic N) is 1. The number of nitrogens with two attached hydrogens (primary N) is 1. The number of esters is 1. The van der Waals surface area contributed by atoms with Crippen molar-refractivity contribution in [1.82, 2.24) is 0 Å². The van der Waals surface area contributed by atoms with Crippen molar-refractivity contribution in [2.24, 2.45) is 5.18 Å². The maximum atomic E-state index is 11.7. The lowest BCUT2D eigenvalue weighted by atomic mass is 10.0.